The van der Waals surface area contributed by atoms with Gasteiger partial charge < -0.3 is 10.0 Å². The fourth-order valence-electron chi connectivity index (χ4n) is 2.49. The highest BCUT2D eigenvalue weighted by molar-refractivity contribution is 9.11. The van der Waals surface area contributed by atoms with Gasteiger partial charge in [0, 0.05) is 24.4 Å². The molecule has 1 N–H and O–H groups in total. The van der Waals surface area contributed by atoms with Crippen LogP contribution in [0.3, 0.4) is 0 Å². The van der Waals surface area contributed by atoms with Gasteiger partial charge in [-0.3, -0.25) is 4.79 Å². The lowest BCUT2D eigenvalue weighted by molar-refractivity contribution is -0.137. The van der Waals surface area contributed by atoms with Crippen molar-refractivity contribution in [1.29, 1.82) is 0 Å². The molecule has 1 aromatic heterocycles. The molecule has 2 rings (SSSR count). The first-order valence-corrected chi connectivity index (χ1v) is 8.32. The van der Waals surface area contributed by atoms with Gasteiger partial charge in [-0.15, -0.1) is 11.3 Å². The van der Waals surface area contributed by atoms with Crippen molar-refractivity contribution in [2.45, 2.75) is 44.6 Å². The number of piperidine rings is 1. The molecule has 0 radical (unpaired) electrons. The van der Waals surface area contributed by atoms with Crippen molar-refractivity contribution in [3.63, 3.8) is 0 Å². The molecular formula is C14H20BrNO2S. The molecule has 1 unspecified atom stereocenters. The Morgan fingerprint density at radius 1 is 1.58 bits per heavy atom. The first-order valence-electron chi connectivity index (χ1n) is 6.71. The number of likely N-dealkylation sites (tertiary alicyclic amines) is 1. The summed E-state index contributed by atoms with van der Waals surface area (Å²) in [6.07, 6.45) is 4.10. The van der Waals surface area contributed by atoms with Crippen LogP contribution >= 0.6 is 27.3 Å². The molecule has 0 saturated carbocycles. The molecule has 106 valence electrons. The van der Waals surface area contributed by atoms with Crippen LogP contribution in [0, 0.1) is 0 Å². The zero-order valence-corrected chi connectivity index (χ0v) is 13.6. The minimum atomic E-state index is -0.702. The van der Waals surface area contributed by atoms with Gasteiger partial charge in [-0.05, 0) is 60.7 Å². The van der Waals surface area contributed by atoms with Crippen LogP contribution in [0.1, 0.15) is 37.5 Å². The molecule has 1 aromatic rings. The fraction of sp³-hybridized carbons (Fsp3) is 0.643. The van der Waals surface area contributed by atoms with Crippen LogP contribution in [0.2, 0.25) is 0 Å². The monoisotopic (exact) mass is 345 g/mol. The third kappa shape index (κ3) is 4.58. The minimum absolute atomic E-state index is 0.176. The molecule has 0 aliphatic carbocycles. The largest absolute Gasteiger partial charge is 0.388 e. The highest BCUT2D eigenvalue weighted by atomic mass is 79.9. The standard InChI is InChI=1S/C14H20BrNO2S/c1-14(18)8-3-9-16(10-14)13(17)5-2-4-11-6-7-12(15)19-11/h6-7,18H,2-5,8-10H2,1H3. The third-order valence-electron chi connectivity index (χ3n) is 3.47. The summed E-state index contributed by atoms with van der Waals surface area (Å²) in [4.78, 5) is 15.2. The van der Waals surface area contributed by atoms with E-state index in [-0.39, 0.29) is 5.91 Å². The van der Waals surface area contributed by atoms with Crippen LogP contribution in [0.25, 0.3) is 0 Å². The smallest absolute Gasteiger partial charge is 0.222 e. The van der Waals surface area contributed by atoms with E-state index in [0.717, 1.165) is 36.0 Å². The summed E-state index contributed by atoms with van der Waals surface area (Å²) >= 11 is 5.17. The van der Waals surface area contributed by atoms with E-state index in [1.54, 1.807) is 11.3 Å². The Kier molecular flexibility index (Phi) is 5.03. The maximum absolute atomic E-state index is 12.1. The number of β-amino-alcohol motifs (C(OH)–C–C–N with tert-alkyl or cyclic N) is 1. The van der Waals surface area contributed by atoms with Gasteiger partial charge in [-0.25, -0.2) is 0 Å². The Labute approximate surface area is 126 Å². The molecule has 1 fully saturated rings. The molecule has 19 heavy (non-hydrogen) atoms. The predicted molar refractivity (Wildman–Crippen MR) is 81.4 cm³/mol. The summed E-state index contributed by atoms with van der Waals surface area (Å²) in [6.45, 7) is 3.09. The van der Waals surface area contributed by atoms with Crippen molar-refractivity contribution in [2.75, 3.05) is 13.1 Å². The van der Waals surface area contributed by atoms with Crippen molar-refractivity contribution >= 4 is 33.2 Å². The number of aliphatic hydroxyl groups is 1. The van der Waals surface area contributed by atoms with Crippen LogP contribution in [0.4, 0.5) is 0 Å². The number of carbonyl (C=O) groups excluding carboxylic acids is 1. The van der Waals surface area contributed by atoms with E-state index in [0.29, 0.717) is 13.0 Å². The highest BCUT2D eigenvalue weighted by Crippen LogP contribution is 2.24. The van der Waals surface area contributed by atoms with Crippen LogP contribution in [0.5, 0.6) is 0 Å². The van der Waals surface area contributed by atoms with Crippen molar-refractivity contribution in [3.8, 4) is 0 Å². The molecular weight excluding hydrogens is 326 g/mol. The number of halogens is 1. The third-order valence-corrected chi connectivity index (χ3v) is 5.15. The van der Waals surface area contributed by atoms with Gasteiger partial charge in [-0.2, -0.15) is 0 Å². The predicted octanol–water partition coefficient (Wildman–Crippen LogP) is 3.21. The number of carbonyl (C=O) groups is 1. The van der Waals surface area contributed by atoms with E-state index in [2.05, 4.69) is 22.0 Å². The lowest BCUT2D eigenvalue weighted by atomic mass is 9.95. The summed E-state index contributed by atoms with van der Waals surface area (Å²) in [5.74, 6) is 0.176. The summed E-state index contributed by atoms with van der Waals surface area (Å²) in [5, 5.41) is 10.0. The summed E-state index contributed by atoms with van der Waals surface area (Å²) in [7, 11) is 0. The van der Waals surface area contributed by atoms with Crippen LogP contribution in [-0.4, -0.2) is 34.6 Å². The number of amides is 1. The molecule has 1 atom stereocenters. The zero-order chi connectivity index (χ0) is 13.9. The van der Waals surface area contributed by atoms with E-state index in [1.807, 2.05) is 17.9 Å². The SMILES string of the molecule is CC1(O)CCCN(C(=O)CCCc2ccc(Br)s2)C1. The lowest BCUT2D eigenvalue weighted by Crippen LogP contribution is -2.48. The quantitative estimate of drug-likeness (QED) is 0.910. The van der Waals surface area contributed by atoms with E-state index in [1.165, 1.54) is 4.88 Å². The van der Waals surface area contributed by atoms with Gasteiger partial charge in [0.05, 0.1) is 9.39 Å². The highest BCUT2D eigenvalue weighted by Gasteiger charge is 2.30. The molecule has 0 bridgehead atoms. The van der Waals surface area contributed by atoms with Crippen molar-refractivity contribution < 1.29 is 9.90 Å². The Hall–Kier alpha value is -0.390. The number of thiophene rings is 1. The number of hydrogen-bond donors (Lipinski definition) is 1. The van der Waals surface area contributed by atoms with Crippen LogP contribution in [0.15, 0.2) is 15.9 Å². The number of aryl methyl sites for hydroxylation is 1. The molecule has 1 aliphatic heterocycles. The average molecular weight is 346 g/mol. The van der Waals surface area contributed by atoms with E-state index in [9.17, 15) is 9.90 Å². The second-order valence-corrected chi connectivity index (χ2v) is 8.02. The van der Waals surface area contributed by atoms with Crippen molar-refractivity contribution in [3.05, 3.63) is 20.8 Å². The Morgan fingerprint density at radius 3 is 3.00 bits per heavy atom. The van der Waals surface area contributed by atoms with Gasteiger partial charge in [0.25, 0.3) is 0 Å². The summed E-state index contributed by atoms with van der Waals surface area (Å²) < 4.78 is 1.14. The van der Waals surface area contributed by atoms with E-state index < -0.39 is 5.60 Å². The van der Waals surface area contributed by atoms with Gasteiger partial charge in [0.1, 0.15) is 0 Å². The Morgan fingerprint density at radius 2 is 2.37 bits per heavy atom. The molecule has 0 aromatic carbocycles. The second-order valence-electron chi connectivity index (χ2n) is 5.48. The lowest BCUT2D eigenvalue weighted by Gasteiger charge is -2.36. The molecule has 1 amide bonds. The topological polar surface area (TPSA) is 40.5 Å². The molecule has 5 heteroatoms. The molecule has 3 nitrogen and oxygen atoms in total. The van der Waals surface area contributed by atoms with Crippen LogP contribution in [-0.2, 0) is 11.2 Å². The van der Waals surface area contributed by atoms with Gasteiger partial charge in [0.15, 0.2) is 0 Å². The second kappa shape index (κ2) is 6.37. The molecule has 0 spiro atoms. The normalized spacial score (nSPS) is 23.6. The van der Waals surface area contributed by atoms with Gasteiger partial charge in [0.2, 0.25) is 5.91 Å². The number of rotatable bonds is 4. The molecule has 2 heterocycles. The molecule has 1 saturated heterocycles. The first-order chi connectivity index (χ1) is 8.96. The van der Waals surface area contributed by atoms with E-state index >= 15 is 0 Å². The van der Waals surface area contributed by atoms with Gasteiger partial charge >= 0.3 is 0 Å². The summed E-state index contributed by atoms with van der Waals surface area (Å²) in [6, 6.07) is 4.15. The van der Waals surface area contributed by atoms with Crippen LogP contribution < -0.4 is 0 Å². The van der Waals surface area contributed by atoms with Crippen molar-refractivity contribution in [2.24, 2.45) is 0 Å². The number of hydrogen-bond acceptors (Lipinski definition) is 3. The van der Waals surface area contributed by atoms with E-state index in [4.69, 9.17) is 0 Å². The zero-order valence-electron chi connectivity index (χ0n) is 11.2. The van der Waals surface area contributed by atoms with Gasteiger partial charge in [-0.1, -0.05) is 0 Å². The average Bonchev–Trinajstić information content (AvgIpc) is 2.73. The summed E-state index contributed by atoms with van der Waals surface area (Å²) in [5.41, 5.74) is -0.702. The maximum Gasteiger partial charge on any atom is 0.222 e. The number of nitrogens with zero attached hydrogens (tertiary/aromatic N) is 1. The van der Waals surface area contributed by atoms with Crippen molar-refractivity contribution in [1.82, 2.24) is 4.90 Å². The fourth-order valence-corrected chi connectivity index (χ4v) is 4.02. The Bertz CT molecular complexity index is 444. The first kappa shape index (κ1) is 15.0. The maximum atomic E-state index is 12.1. The molecule has 1 aliphatic rings. The Balaban J connectivity index is 1.75. The minimum Gasteiger partial charge on any atom is -0.388 e.